The first-order valence-electron chi connectivity index (χ1n) is 10.6. The molecule has 0 N–H and O–H groups in total. The van der Waals surface area contributed by atoms with Gasteiger partial charge in [-0.3, -0.25) is 4.79 Å². The molecule has 1 aromatic heterocycles. The van der Waals surface area contributed by atoms with E-state index in [0.717, 1.165) is 79.3 Å². The molecule has 6 nitrogen and oxygen atoms in total. The quantitative estimate of drug-likeness (QED) is 0.772. The second-order valence-electron chi connectivity index (χ2n) is 8.24. The molecule has 29 heavy (non-hydrogen) atoms. The van der Waals surface area contributed by atoms with Gasteiger partial charge in [0.2, 0.25) is 10.0 Å². The molecule has 4 rings (SSSR count). The van der Waals surface area contributed by atoms with Gasteiger partial charge in [-0.05, 0) is 62.6 Å². The second kappa shape index (κ2) is 8.03. The summed E-state index contributed by atoms with van der Waals surface area (Å²) in [6, 6.07) is 5.55. The molecule has 1 saturated heterocycles. The maximum atomic E-state index is 13.4. The van der Waals surface area contributed by atoms with Crippen molar-refractivity contribution in [2.45, 2.75) is 63.2 Å². The van der Waals surface area contributed by atoms with E-state index in [2.05, 4.69) is 5.10 Å². The number of hydrogen-bond donors (Lipinski definition) is 0. The Labute approximate surface area is 172 Å². The lowest BCUT2D eigenvalue weighted by molar-refractivity contribution is 0.423. The van der Waals surface area contributed by atoms with E-state index in [-0.39, 0.29) is 5.56 Å². The van der Waals surface area contributed by atoms with E-state index < -0.39 is 10.0 Å². The highest BCUT2D eigenvalue weighted by Gasteiger charge is 2.28. The van der Waals surface area contributed by atoms with Gasteiger partial charge in [0, 0.05) is 31.3 Å². The molecule has 1 aliphatic heterocycles. The minimum absolute atomic E-state index is 0.0343. The topological polar surface area (TPSA) is 72.3 Å². The molecule has 1 aliphatic carbocycles. The Bertz CT molecular complexity index is 1080. The molecule has 0 unspecified atom stereocenters. The average Bonchev–Trinajstić information content (AvgIpc) is 3.01. The summed E-state index contributed by atoms with van der Waals surface area (Å²) in [4.78, 5) is 12.9. The minimum atomic E-state index is -3.55. The molecule has 156 valence electrons. The Balaban J connectivity index is 1.83. The lowest BCUT2D eigenvalue weighted by Gasteiger charge is -2.22. The van der Waals surface area contributed by atoms with Crippen LogP contribution in [0.3, 0.4) is 0 Å². The summed E-state index contributed by atoms with van der Waals surface area (Å²) in [5, 5.41) is 4.53. The van der Waals surface area contributed by atoms with Crippen molar-refractivity contribution < 1.29 is 8.42 Å². The Morgan fingerprint density at radius 1 is 0.931 bits per heavy atom. The molecular weight excluding hydrogens is 386 g/mol. The fraction of sp³-hybridized carbons (Fsp3) is 0.545. The standard InChI is InChI=1S/C22H29N3O3S/c1-16-11-12-17(15-20(16)29(27,28)25-13-7-3-4-8-14-25)21-18-9-5-6-10-19(18)22(26)24(2)23-21/h11-12,15H,3-10,13-14H2,1-2H3. The van der Waals surface area contributed by atoms with Crippen LogP contribution in [0.4, 0.5) is 0 Å². The third kappa shape index (κ3) is 3.78. The Morgan fingerprint density at radius 3 is 2.28 bits per heavy atom. The van der Waals surface area contributed by atoms with E-state index in [9.17, 15) is 13.2 Å². The predicted molar refractivity (Wildman–Crippen MR) is 114 cm³/mol. The lowest BCUT2D eigenvalue weighted by atomic mass is 9.89. The summed E-state index contributed by atoms with van der Waals surface area (Å²) < 4.78 is 29.8. The number of hydrogen-bond acceptors (Lipinski definition) is 4. The number of aryl methyl sites for hydroxylation is 2. The predicted octanol–water partition coefficient (Wildman–Crippen LogP) is 3.20. The van der Waals surface area contributed by atoms with Crippen molar-refractivity contribution >= 4 is 10.0 Å². The third-order valence-electron chi connectivity index (χ3n) is 6.20. The molecule has 1 fully saturated rings. The first kappa shape index (κ1) is 20.3. The summed E-state index contributed by atoms with van der Waals surface area (Å²) in [5.74, 6) is 0. The maximum absolute atomic E-state index is 13.4. The summed E-state index contributed by atoms with van der Waals surface area (Å²) in [5.41, 5.74) is 4.05. The number of nitrogens with zero attached hydrogens (tertiary/aromatic N) is 3. The van der Waals surface area contributed by atoms with Gasteiger partial charge in [0.1, 0.15) is 0 Å². The molecule has 2 heterocycles. The maximum Gasteiger partial charge on any atom is 0.269 e. The summed E-state index contributed by atoms with van der Waals surface area (Å²) in [6.07, 6.45) is 7.60. The van der Waals surface area contributed by atoms with Gasteiger partial charge in [-0.2, -0.15) is 9.40 Å². The number of sulfonamides is 1. The van der Waals surface area contributed by atoms with Crippen LogP contribution in [0.25, 0.3) is 11.3 Å². The number of fused-ring (bicyclic) bond motifs is 1. The third-order valence-corrected chi connectivity index (χ3v) is 8.24. The highest BCUT2D eigenvalue weighted by atomic mass is 32.2. The fourth-order valence-corrected chi connectivity index (χ4v) is 6.30. The zero-order chi connectivity index (χ0) is 20.6. The molecule has 1 aromatic carbocycles. The Morgan fingerprint density at radius 2 is 1.59 bits per heavy atom. The highest BCUT2D eigenvalue weighted by Crippen LogP contribution is 2.31. The number of rotatable bonds is 3. The molecule has 7 heteroatoms. The average molecular weight is 416 g/mol. The van der Waals surface area contributed by atoms with Crippen LogP contribution in [0.5, 0.6) is 0 Å². The molecule has 2 aromatic rings. The molecule has 0 atom stereocenters. The van der Waals surface area contributed by atoms with Gasteiger partial charge in [-0.15, -0.1) is 0 Å². The Kier molecular flexibility index (Phi) is 5.62. The molecule has 0 amide bonds. The first-order valence-corrected chi connectivity index (χ1v) is 12.0. The zero-order valence-corrected chi connectivity index (χ0v) is 18.1. The van der Waals surface area contributed by atoms with Gasteiger partial charge >= 0.3 is 0 Å². The van der Waals surface area contributed by atoms with Crippen molar-refractivity contribution in [2.75, 3.05) is 13.1 Å². The van der Waals surface area contributed by atoms with E-state index in [4.69, 9.17) is 0 Å². The van der Waals surface area contributed by atoms with Crippen molar-refractivity contribution in [2.24, 2.45) is 7.05 Å². The van der Waals surface area contributed by atoms with Gasteiger partial charge in [-0.1, -0.05) is 25.0 Å². The molecule has 0 spiro atoms. The van der Waals surface area contributed by atoms with Gasteiger partial charge in [-0.25, -0.2) is 13.1 Å². The van der Waals surface area contributed by atoms with Crippen LogP contribution in [-0.2, 0) is 29.9 Å². The SMILES string of the molecule is Cc1ccc(-c2nn(C)c(=O)c3c2CCCC3)cc1S(=O)(=O)N1CCCCCC1. The summed E-state index contributed by atoms with van der Waals surface area (Å²) in [6.45, 7) is 3.01. The number of benzene rings is 1. The monoisotopic (exact) mass is 415 g/mol. The second-order valence-corrected chi connectivity index (χ2v) is 10.1. The largest absolute Gasteiger partial charge is 0.269 e. The minimum Gasteiger partial charge on any atom is -0.268 e. The lowest BCUT2D eigenvalue weighted by Crippen LogP contribution is -2.32. The summed E-state index contributed by atoms with van der Waals surface area (Å²) >= 11 is 0. The van der Waals surface area contributed by atoms with E-state index in [1.807, 2.05) is 19.1 Å². The van der Waals surface area contributed by atoms with E-state index >= 15 is 0 Å². The molecular formula is C22H29N3O3S. The molecule has 0 radical (unpaired) electrons. The summed E-state index contributed by atoms with van der Waals surface area (Å²) in [7, 11) is -1.88. The van der Waals surface area contributed by atoms with Crippen molar-refractivity contribution in [3.63, 3.8) is 0 Å². The van der Waals surface area contributed by atoms with Crippen LogP contribution in [0.1, 0.15) is 55.2 Å². The van der Waals surface area contributed by atoms with Gasteiger partial charge < -0.3 is 0 Å². The fourth-order valence-electron chi connectivity index (χ4n) is 4.53. The van der Waals surface area contributed by atoms with Crippen LogP contribution >= 0.6 is 0 Å². The van der Waals surface area contributed by atoms with Crippen LogP contribution in [0.15, 0.2) is 27.9 Å². The van der Waals surface area contributed by atoms with E-state index in [1.54, 1.807) is 17.4 Å². The molecule has 0 bridgehead atoms. The van der Waals surface area contributed by atoms with Crippen molar-refractivity contribution in [1.29, 1.82) is 0 Å². The first-order chi connectivity index (χ1) is 13.9. The molecule has 0 saturated carbocycles. The van der Waals surface area contributed by atoms with E-state index in [1.165, 1.54) is 4.68 Å². The van der Waals surface area contributed by atoms with Gasteiger partial charge in [0.15, 0.2) is 0 Å². The normalized spacial score (nSPS) is 18.3. The van der Waals surface area contributed by atoms with Gasteiger partial charge in [0.05, 0.1) is 10.6 Å². The van der Waals surface area contributed by atoms with Crippen LogP contribution in [0.2, 0.25) is 0 Å². The molecule has 2 aliphatic rings. The van der Waals surface area contributed by atoms with Crippen molar-refractivity contribution in [3.8, 4) is 11.3 Å². The van der Waals surface area contributed by atoms with Crippen LogP contribution < -0.4 is 5.56 Å². The highest BCUT2D eigenvalue weighted by molar-refractivity contribution is 7.89. The van der Waals surface area contributed by atoms with Crippen molar-refractivity contribution in [3.05, 3.63) is 45.2 Å². The van der Waals surface area contributed by atoms with Crippen LogP contribution in [0, 0.1) is 6.92 Å². The van der Waals surface area contributed by atoms with Gasteiger partial charge in [0.25, 0.3) is 5.56 Å². The van der Waals surface area contributed by atoms with Crippen molar-refractivity contribution in [1.82, 2.24) is 14.1 Å². The van der Waals surface area contributed by atoms with E-state index in [0.29, 0.717) is 18.0 Å². The number of aromatic nitrogens is 2. The Hall–Kier alpha value is -1.99. The zero-order valence-electron chi connectivity index (χ0n) is 17.3. The van der Waals surface area contributed by atoms with Crippen LogP contribution in [-0.4, -0.2) is 35.6 Å². The smallest absolute Gasteiger partial charge is 0.268 e.